The molecule has 23 heavy (non-hydrogen) atoms. The van der Waals surface area contributed by atoms with Crippen LogP contribution in [0.2, 0.25) is 0 Å². The van der Waals surface area contributed by atoms with Gasteiger partial charge in [-0.25, -0.2) is 0 Å². The minimum absolute atomic E-state index is 0.0654. The molecular weight excluding hydrogens is 288 g/mol. The van der Waals surface area contributed by atoms with Crippen molar-refractivity contribution >= 4 is 0 Å². The minimum Gasteiger partial charge on any atom is -0.376 e. The van der Waals surface area contributed by atoms with Crippen molar-refractivity contribution in [3.63, 3.8) is 0 Å². The topological polar surface area (TPSA) is 27.7 Å². The van der Waals surface area contributed by atoms with Gasteiger partial charge in [-0.2, -0.15) is 0 Å². The molecule has 0 radical (unpaired) electrons. The maximum atomic E-state index is 5.94. The van der Waals surface area contributed by atoms with Crippen LogP contribution in [0.1, 0.15) is 50.5 Å². The molecule has 1 atom stereocenters. The van der Waals surface area contributed by atoms with Gasteiger partial charge in [-0.3, -0.25) is 0 Å². The fraction of sp³-hybridized carbons (Fsp3) is 0.700. The van der Waals surface area contributed by atoms with Crippen LogP contribution >= 0.6 is 0 Å². The molecular formula is C20H30O3. The Bertz CT molecular complexity index is 420. The normalized spacial score (nSPS) is 28.6. The highest BCUT2D eigenvalue weighted by Crippen LogP contribution is 2.30. The standard InChI is InChI=1S/C20H30O3/c1-2-6-17(7-3-1)14-21-15-18-9-11-19(12-10-18)16-23-20-8-4-5-13-22-20/h1-3,6-7,18-20H,4-5,8-16H2. The number of benzene rings is 1. The molecule has 1 aromatic rings. The third-order valence-corrected chi connectivity index (χ3v) is 5.09. The maximum absolute atomic E-state index is 5.94. The minimum atomic E-state index is 0.0654. The van der Waals surface area contributed by atoms with E-state index in [2.05, 4.69) is 24.3 Å². The molecule has 2 fully saturated rings. The van der Waals surface area contributed by atoms with E-state index < -0.39 is 0 Å². The molecule has 1 aliphatic carbocycles. The van der Waals surface area contributed by atoms with Crippen LogP contribution in [0.5, 0.6) is 0 Å². The number of hydrogen-bond donors (Lipinski definition) is 0. The molecule has 1 saturated carbocycles. The fourth-order valence-corrected chi connectivity index (χ4v) is 3.57. The van der Waals surface area contributed by atoms with Crippen LogP contribution in [-0.2, 0) is 20.8 Å². The first-order chi connectivity index (χ1) is 11.4. The Morgan fingerprint density at radius 2 is 1.61 bits per heavy atom. The third-order valence-electron chi connectivity index (χ3n) is 5.09. The van der Waals surface area contributed by atoms with Gasteiger partial charge in [-0.15, -0.1) is 0 Å². The third kappa shape index (κ3) is 5.91. The Hall–Kier alpha value is -0.900. The van der Waals surface area contributed by atoms with Crippen LogP contribution in [0.4, 0.5) is 0 Å². The highest BCUT2D eigenvalue weighted by molar-refractivity contribution is 5.13. The first kappa shape index (κ1) is 16.9. The van der Waals surface area contributed by atoms with Gasteiger partial charge < -0.3 is 14.2 Å². The molecule has 1 saturated heterocycles. The Morgan fingerprint density at radius 3 is 2.30 bits per heavy atom. The molecule has 0 amide bonds. The Labute approximate surface area is 140 Å². The lowest BCUT2D eigenvalue weighted by molar-refractivity contribution is -0.171. The van der Waals surface area contributed by atoms with Crippen LogP contribution < -0.4 is 0 Å². The Kier molecular flexibility index (Phi) is 6.93. The second-order valence-electron chi connectivity index (χ2n) is 7.02. The number of rotatable bonds is 7. The van der Waals surface area contributed by atoms with E-state index in [-0.39, 0.29) is 6.29 Å². The van der Waals surface area contributed by atoms with Gasteiger partial charge in [0.15, 0.2) is 6.29 Å². The zero-order chi connectivity index (χ0) is 15.7. The highest BCUT2D eigenvalue weighted by atomic mass is 16.7. The Balaban J connectivity index is 1.26. The lowest BCUT2D eigenvalue weighted by Crippen LogP contribution is -2.27. The van der Waals surface area contributed by atoms with Gasteiger partial charge in [0.05, 0.1) is 13.2 Å². The van der Waals surface area contributed by atoms with Gasteiger partial charge in [0.2, 0.25) is 0 Å². The van der Waals surface area contributed by atoms with Crippen molar-refractivity contribution < 1.29 is 14.2 Å². The van der Waals surface area contributed by atoms with E-state index in [9.17, 15) is 0 Å². The molecule has 0 spiro atoms. The highest BCUT2D eigenvalue weighted by Gasteiger charge is 2.23. The van der Waals surface area contributed by atoms with E-state index in [0.717, 1.165) is 38.8 Å². The summed E-state index contributed by atoms with van der Waals surface area (Å²) in [5.74, 6) is 1.44. The van der Waals surface area contributed by atoms with E-state index in [1.54, 1.807) is 0 Å². The van der Waals surface area contributed by atoms with Crippen molar-refractivity contribution in [1.29, 1.82) is 0 Å². The largest absolute Gasteiger partial charge is 0.376 e. The maximum Gasteiger partial charge on any atom is 0.157 e. The summed E-state index contributed by atoms with van der Waals surface area (Å²) in [6.07, 6.45) is 8.66. The number of ether oxygens (including phenoxy) is 3. The van der Waals surface area contributed by atoms with Gasteiger partial charge in [0, 0.05) is 13.2 Å². The number of hydrogen-bond acceptors (Lipinski definition) is 3. The van der Waals surface area contributed by atoms with Gasteiger partial charge in [-0.05, 0) is 62.3 Å². The molecule has 1 unspecified atom stereocenters. The van der Waals surface area contributed by atoms with Crippen molar-refractivity contribution in [3.05, 3.63) is 35.9 Å². The van der Waals surface area contributed by atoms with Crippen molar-refractivity contribution in [1.82, 2.24) is 0 Å². The van der Waals surface area contributed by atoms with E-state index in [0.29, 0.717) is 5.92 Å². The second kappa shape index (κ2) is 9.41. The molecule has 0 bridgehead atoms. The molecule has 3 rings (SSSR count). The second-order valence-corrected chi connectivity index (χ2v) is 7.02. The SMILES string of the molecule is c1ccc(COCC2CCC(COC3CCCCO3)CC2)cc1. The molecule has 3 nitrogen and oxygen atoms in total. The lowest BCUT2D eigenvalue weighted by atomic mass is 9.83. The molecule has 1 aromatic carbocycles. The van der Waals surface area contributed by atoms with E-state index >= 15 is 0 Å². The van der Waals surface area contributed by atoms with E-state index in [1.807, 2.05) is 6.07 Å². The quantitative estimate of drug-likeness (QED) is 0.738. The molecule has 1 heterocycles. The summed E-state index contributed by atoms with van der Waals surface area (Å²) in [6, 6.07) is 10.4. The van der Waals surface area contributed by atoms with Crippen LogP contribution in [0.3, 0.4) is 0 Å². The van der Waals surface area contributed by atoms with Crippen LogP contribution in [-0.4, -0.2) is 26.1 Å². The Morgan fingerprint density at radius 1 is 0.870 bits per heavy atom. The molecule has 0 N–H and O–H groups in total. The van der Waals surface area contributed by atoms with Gasteiger partial charge in [-0.1, -0.05) is 30.3 Å². The monoisotopic (exact) mass is 318 g/mol. The van der Waals surface area contributed by atoms with Crippen molar-refractivity contribution in [2.75, 3.05) is 19.8 Å². The lowest BCUT2D eigenvalue weighted by Gasteiger charge is -2.30. The predicted molar refractivity (Wildman–Crippen MR) is 91.1 cm³/mol. The van der Waals surface area contributed by atoms with Crippen molar-refractivity contribution in [3.8, 4) is 0 Å². The summed E-state index contributed by atoms with van der Waals surface area (Å²) in [5.41, 5.74) is 1.27. The van der Waals surface area contributed by atoms with Gasteiger partial charge in [0.1, 0.15) is 0 Å². The molecule has 1 aliphatic heterocycles. The smallest absolute Gasteiger partial charge is 0.157 e. The van der Waals surface area contributed by atoms with E-state index in [4.69, 9.17) is 14.2 Å². The molecule has 128 valence electrons. The zero-order valence-corrected chi connectivity index (χ0v) is 14.1. The van der Waals surface area contributed by atoms with Crippen molar-refractivity contribution in [2.24, 2.45) is 11.8 Å². The van der Waals surface area contributed by atoms with Crippen LogP contribution in [0.25, 0.3) is 0 Å². The predicted octanol–water partition coefficient (Wildman–Crippen LogP) is 4.55. The average Bonchev–Trinajstić information content (AvgIpc) is 2.63. The van der Waals surface area contributed by atoms with Gasteiger partial charge in [0.25, 0.3) is 0 Å². The molecule has 3 heteroatoms. The summed E-state index contributed by atoms with van der Waals surface area (Å²) in [5, 5.41) is 0. The first-order valence-electron chi connectivity index (χ1n) is 9.25. The fourth-order valence-electron chi connectivity index (χ4n) is 3.57. The summed E-state index contributed by atoms with van der Waals surface area (Å²) < 4.78 is 17.5. The van der Waals surface area contributed by atoms with E-state index in [1.165, 1.54) is 44.1 Å². The summed E-state index contributed by atoms with van der Waals surface area (Å²) in [4.78, 5) is 0. The van der Waals surface area contributed by atoms with Crippen LogP contribution in [0.15, 0.2) is 30.3 Å². The van der Waals surface area contributed by atoms with Crippen LogP contribution in [0, 0.1) is 11.8 Å². The molecule has 0 aromatic heterocycles. The van der Waals surface area contributed by atoms with Gasteiger partial charge >= 0.3 is 0 Å². The summed E-state index contributed by atoms with van der Waals surface area (Å²) >= 11 is 0. The zero-order valence-electron chi connectivity index (χ0n) is 14.1. The molecule has 2 aliphatic rings. The van der Waals surface area contributed by atoms with Crippen molar-refractivity contribution in [2.45, 2.75) is 57.8 Å². The summed E-state index contributed by atoms with van der Waals surface area (Å²) in [7, 11) is 0. The first-order valence-corrected chi connectivity index (χ1v) is 9.25. The average molecular weight is 318 g/mol. The summed E-state index contributed by atoms with van der Waals surface area (Å²) in [6.45, 7) is 3.38.